The van der Waals surface area contributed by atoms with E-state index in [-0.39, 0.29) is 23.0 Å². The summed E-state index contributed by atoms with van der Waals surface area (Å²) < 4.78 is 0. The maximum Gasteiger partial charge on any atom is 0.251 e. The van der Waals surface area contributed by atoms with Crippen LogP contribution in [0.3, 0.4) is 0 Å². The lowest BCUT2D eigenvalue weighted by Gasteiger charge is -2.21. The SMILES string of the molecule is CC(C)[C@@H](CC(=O)c1cc(=O)[nH]c(-c2ccccc2)n1)c1ccc(C2(C)CC2)cc1. The van der Waals surface area contributed by atoms with Crippen LogP contribution in [0.5, 0.6) is 0 Å². The first kappa shape index (κ1) is 20.3. The maximum absolute atomic E-state index is 13.1. The fourth-order valence-electron chi connectivity index (χ4n) is 3.98. The minimum absolute atomic E-state index is 0.0832. The normalized spacial score (nSPS) is 15.7. The Balaban J connectivity index is 1.58. The smallest absolute Gasteiger partial charge is 0.251 e. The average molecular weight is 401 g/mol. The Morgan fingerprint density at radius 3 is 2.33 bits per heavy atom. The predicted molar refractivity (Wildman–Crippen MR) is 120 cm³/mol. The van der Waals surface area contributed by atoms with Gasteiger partial charge in [0.25, 0.3) is 5.56 Å². The molecule has 1 aliphatic carbocycles. The molecule has 0 unspecified atom stereocenters. The zero-order chi connectivity index (χ0) is 21.3. The molecule has 4 nitrogen and oxygen atoms in total. The van der Waals surface area contributed by atoms with Crippen LogP contribution < -0.4 is 5.56 Å². The van der Waals surface area contributed by atoms with Crippen LogP contribution in [0, 0.1) is 5.92 Å². The molecule has 0 radical (unpaired) electrons. The number of rotatable bonds is 7. The van der Waals surface area contributed by atoms with Gasteiger partial charge in [-0.25, -0.2) is 4.98 Å². The van der Waals surface area contributed by atoms with Crippen LogP contribution in [0.2, 0.25) is 0 Å². The number of benzene rings is 2. The topological polar surface area (TPSA) is 62.8 Å². The molecular formula is C26H28N2O2. The Labute approximate surface area is 177 Å². The van der Waals surface area contributed by atoms with Crippen molar-refractivity contribution in [3.63, 3.8) is 0 Å². The molecule has 30 heavy (non-hydrogen) atoms. The van der Waals surface area contributed by atoms with Crippen molar-refractivity contribution in [1.82, 2.24) is 9.97 Å². The molecule has 154 valence electrons. The highest BCUT2D eigenvalue weighted by atomic mass is 16.1. The van der Waals surface area contributed by atoms with Crippen molar-refractivity contribution in [2.45, 2.75) is 51.4 Å². The van der Waals surface area contributed by atoms with Gasteiger partial charge in [0.15, 0.2) is 5.78 Å². The van der Waals surface area contributed by atoms with E-state index in [9.17, 15) is 9.59 Å². The molecule has 2 aromatic carbocycles. The zero-order valence-electron chi connectivity index (χ0n) is 17.8. The lowest BCUT2D eigenvalue weighted by atomic mass is 9.83. The number of ketones is 1. The summed E-state index contributed by atoms with van der Waals surface area (Å²) in [5.74, 6) is 0.705. The molecule has 1 atom stereocenters. The van der Waals surface area contributed by atoms with Crippen LogP contribution >= 0.6 is 0 Å². The van der Waals surface area contributed by atoms with Gasteiger partial charge in [0.2, 0.25) is 0 Å². The quantitative estimate of drug-likeness (QED) is 0.533. The first-order chi connectivity index (χ1) is 14.4. The van der Waals surface area contributed by atoms with Gasteiger partial charge in [0.05, 0.1) is 0 Å². The standard InChI is InChI=1S/C26H28N2O2/c1-17(2)21(18-9-11-20(12-10-18)26(3)13-14-26)15-23(29)22-16-24(30)28-25(27-22)19-7-5-4-6-8-19/h4-12,16-17,21H,13-15H2,1-3H3,(H,27,28,30)/t21-/m1/s1. The Morgan fingerprint density at radius 1 is 1.07 bits per heavy atom. The Kier molecular flexibility index (Phi) is 5.42. The van der Waals surface area contributed by atoms with Crippen LogP contribution in [-0.2, 0) is 5.41 Å². The summed E-state index contributed by atoms with van der Waals surface area (Å²) in [6.45, 7) is 6.57. The maximum atomic E-state index is 13.1. The van der Waals surface area contributed by atoms with Gasteiger partial charge in [0.1, 0.15) is 11.5 Å². The van der Waals surface area contributed by atoms with Crippen molar-refractivity contribution in [2.75, 3.05) is 0 Å². The second-order valence-corrected chi connectivity index (χ2v) is 9.01. The third-order valence-corrected chi connectivity index (χ3v) is 6.32. The zero-order valence-corrected chi connectivity index (χ0v) is 17.8. The van der Waals surface area contributed by atoms with Gasteiger partial charge < -0.3 is 4.98 Å². The van der Waals surface area contributed by atoms with E-state index in [2.05, 4.69) is 55.0 Å². The van der Waals surface area contributed by atoms with Crippen LogP contribution in [-0.4, -0.2) is 15.8 Å². The lowest BCUT2D eigenvalue weighted by molar-refractivity contribution is 0.0961. The van der Waals surface area contributed by atoms with Crippen molar-refractivity contribution in [2.24, 2.45) is 5.92 Å². The molecule has 0 amide bonds. The van der Waals surface area contributed by atoms with Gasteiger partial charge in [-0.3, -0.25) is 9.59 Å². The fraction of sp³-hybridized carbons (Fsp3) is 0.346. The van der Waals surface area contributed by atoms with E-state index in [0.717, 1.165) is 5.56 Å². The van der Waals surface area contributed by atoms with E-state index in [1.54, 1.807) is 0 Å². The summed E-state index contributed by atoms with van der Waals surface area (Å²) >= 11 is 0. The van der Waals surface area contributed by atoms with E-state index in [1.165, 1.54) is 30.0 Å². The van der Waals surface area contributed by atoms with Crippen LogP contribution in [0.15, 0.2) is 65.5 Å². The van der Waals surface area contributed by atoms with E-state index in [0.29, 0.717) is 23.6 Å². The summed E-state index contributed by atoms with van der Waals surface area (Å²) in [6.07, 6.45) is 2.83. The van der Waals surface area contributed by atoms with Crippen molar-refractivity contribution in [1.29, 1.82) is 0 Å². The third-order valence-electron chi connectivity index (χ3n) is 6.32. The van der Waals surface area contributed by atoms with Crippen molar-refractivity contribution >= 4 is 5.78 Å². The van der Waals surface area contributed by atoms with Gasteiger partial charge >= 0.3 is 0 Å². The minimum Gasteiger partial charge on any atom is -0.306 e. The summed E-state index contributed by atoms with van der Waals surface area (Å²) in [7, 11) is 0. The Hall–Kier alpha value is -3.01. The molecule has 3 aromatic rings. The molecule has 1 aromatic heterocycles. The highest BCUT2D eigenvalue weighted by Gasteiger charge is 2.38. The molecule has 4 heteroatoms. The van der Waals surface area contributed by atoms with Crippen LogP contribution in [0.1, 0.15) is 67.6 Å². The molecule has 1 saturated carbocycles. The van der Waals surface area contributed by atoms with E-state index in [4.69, 9.17) is 0 Å². The van der Waals surface area contributed by atoms with Crippen molar-refractivity contribution in [3.8, 4) is 11.4 Å². The molecule has 1 N–H and O–H groups in total. The largest absolute Gasteiger partial charge is 0.306 e. The van der Waals surface area contributed by atoms with E-state index < -0.39 is 0 Å². The molecule has 0 aliphatic heterocycles. The Morgan fingerprint density at radius 2 is 1.73 bits per heavy atom. The molecule has 0 bridgehead atoms. The fourth-order valence-corrected chi connectivity index (χ4v) is 3.98. The van der Waals surface area contributed by atoms with Crippen LogP contribution in [0.4, 0.5) is 0 Å². The number of nitrogens with zero attached hydrogens (tertiary/aromatic N) is 1. The summed E-state index contributed by atoms with van der Waals surface area (Å²) in [5.41, 5.74) is 3.59. The lowest BCUT2D eigenvalue weighted by Crippen LogP contribution is -2.18. The van der Waals surface area contributed by atoms with Crippen molar-refractivity contribution < 1.29 is 4.79 Å². The number of H-pyrrole nitrogens is 1. The number of carbonyl (C=O) groups excluding carboxylic acids is 1. The predicted octanol–water partition coefficient (Wildman–Crippen LogP) is 5.50. The summed E-state index contributed by atoms with van der Waals surface area (Å²) in [4.78, 5) is 32.5. The number of aromatic nitrogens is 2. The van der Waals surface area contributed by atoms with E-state index in [1.807, 2.05) is 30.3 Å². The van der Waals surface area contributed by atoms with E-state index >= 15 is 0 Å². The first-order valence-electron chi connectivity index (χ1n) is 10.7. The number of Topliss-reactive ketones (excluding diaryl/α,β-unsaturated/α-hetero) is 1. The Bertz CT molecular complexity index is 1090. The molecule has 0 saturated heterocycles. The van der Waals surface area contributed by atoms with Crippen LogP contribution in [0.25, 0.3) is 11.4 Å². The molecule has 0 spiro atoms. The summed E-state index contributed by atoms with van der Waals surface area (Å²) in [5, 5.41) is 0. The first-order valence-corrected chi connectivity index (χ1v) is 10.7. The molecule has 1 aliphatic rings. The second-order valence-electron chi connectivity index (χ2n) is 9.01. The monoisotopic (exact) mass is 400 g/mol. The second kappa shape index (κ2) is 8.02. The number of hydrogen-bond acceptors (Lipinski definition) is 3. The van der Waals surface area contributed by atoms with Crippen molar-refractivity contribution in [3.05, 3.63) is 87.8 Å². The van der Waals surface area contributed by atoms with Gasteiger partial charge in [-0.05, 0) is 41.2 Å². The van der Waals surface area contributed by atoms with Gasteiger partial charge in [0, 0.05) is 18.1 Å². The molecular weight excluding hydrogens is 372 g/mol. The number of nitrogens with one attached hydrogen (secondary N) is 1. The molecule has 4 rings (SSSR count). The number of carbonyl (C=O) groups is 1. The van der Waals surface area contributed by atoms with Gasteiger partial charge in [-0.1, -0.05) is 75.4 Å². The highest BCUT2D eigenvalue weighted by Crippen LogP contribution is 2.47. The minimum atomic E-state index is -0.310. The number of hydrogen-bond donors (Lipinski definition) is 1. The average Bonchev–Trinajstić information content (AvgIpc) is 3.50. The highest BCUT2D eigenvalue weighted by molar-refractivity contribution is 5.95. The molecule has 1 heterocycles. The third kappa shape index (κ3) is 4.28. The molecule has 1 fully saturated rings. The van der Waals surface area contributed by atoms with Gasteiger partial charge in [-0.15, -0.1) is 0 Å². The van der Waals surface area contributed by atoms with Gasteiger partial charge in [-0.2, -0.15) is 0 Å². The number of aromatic amines is 1. The summed E-state index contributed by atoms with van der Waals surface area (Å²) in [6, 6.07) is 19.4.